The van der Waals surface area contributed by atoms with Crippen molar-refractivity contribution in [3.63, 3.8) is 0 Å². The molecule has 1 saturated heterocycles. The molecule has 3 heterocycles. The Labute approximate surface area is 201 Å². The van der Waals surface area contributed by atoms with E-state index < -0.39 is 0 Å². The fraction of sp³-hybridized carbons (Fsp3) is 0.519. The average Bonchev–Trinajstić information content (AvgIpc) is 3.63. The molecule has 180 valence electrons. The number of hydrogen-bond donors (Lipinski definition) is 1. The van der Waals surface area contributed by atoms with Gasteiger partial charge >= 0.3 is 0 Å². The van der Waals surface area contributed by atoms with Gasteiger partial charge in [0.2, 0.25) is 0 Å². The zero-order valence-corrected chi connectivity index (χ0v) is 20.6. The third-order valence-electron chi connectivity index (χ3n) is 6.99. The Morgan fingerprint density at radius 1 is 1.21 bits per heavy atom. The van der Waals surface area contributed by atoms with Crippen molar-refractivity contribution < 1.29 is 14.3 Å². The molecular formula is C27H34N4O3. The molecule has 7 nitrogen and oxygen atoms in total. The molecule has 2 aliphatic heterocycles. The number of Topliss-reactive ketones (excluding diaryl/α,β-unsaturated/α-hetero) is 1. The average molecular weight is 463 g/mol. The highest BCUT2D eigenvalue weighted by atomic mass is 16.5. The van der Waals surface area contributed by atoms with Gasteiger partial charge < -0.3 is 19.3 Å². The molecule has 0 radical (unpaired) electrons. The van der Waals surface area contributed by atoms with Gasteiger partial charge in [0.05, 0.1) is 32.6 Å². The number of benzene rings is 1. The van der Waals surface area contributed by atoms with Crippen molar-refractivity contribution in [1.29, 1.82) is 5.41 Å². The lowest BCUT2D eigenvalue weighted by atomic mass is 9.84. The van der Waals surface area contributed by atoms with Crippen LogP contribution in [0.3, 0.4) is 0 Å². The molecule has 0 unspecified atom stereocenters. The third kappa shape index (κ3) is 4.29. The van der Waals surface area contributed by atoms with E-state index in [2.05, 4.69) is 37.8 Å². The topological polar surface area (TPSA) is 78.8 Å². The summed E-state index contributed by atoms with van der Waals surface area (Å²) in [6.07, 6.45) is 2.36. The van der Waals surface area contributed by atoms with Gasteiger partial charge in [-0.15, -0.1) is 0 Å². The zero-order valence-electron chi connectivity index (χ0n) is 20.6. The van der Waals surface area contributed by atoms with Gasteiger partial charge in [-0.1, -0.05) is 26.8 Å². The second kappa shape index (κ2) is 8.69. The number of carbonyl (C=O) groups excluding carboxylic acids is 1. The first kappa shape index (κ1) is 22.8. The van der Waals surface area contributed by atoms with Crippen molar-refractivity contribution in [2.75, 3.05) is 44.9 Å². The SMILES string of the molecule is COc1c(N2CCOCC2)cc(C(=O)CN2Cc3ccc(C4CC4)nc3C2=N)cc1C(C)(C)C. The summed E-state index contributed by atoms with van der Waals surface area (Å²) in [4.78, 5) is 22.4. The van der Waals surface area contributed by atoms with Crippen LogP contribution < -0.4 is 9.64 Å². The maximum atomic E-state index is 13.6. The number of anilines is 1. The normalized spacial score (nSPS) is 18.3. The van der Waals surface area contributed by atoms with Crippen LogP contribution in [0.5, 0.6) is 5.75 Å². The summed E-state index contributed by atoms with van der Waals surface area (Å²) in [5.74, 6) is 1.72. The first-order valence-electron chi connectivity index (χ1n) is 12.2. The van der Waals surface area contributed by atoms with Crippen molar-refractivity contribution in [2.24, 2.45) is 0 Å². The highest BCUT2D eigenvalue weighted by molar-refractivity contribution is 6.05. The number of rotatable bonds is 6. The van der Waals surface area contributed by atoms with Crippen molar-refractivity contribution in [3.05, 3.63) is 52.3 Å². The summed E-state index contributed by atoms with van der Waals surface area (Å²) < 4.78 is 11.4. The van der Waals surface area contributed by atoms with E-state index in [0.717, 1.165) is 47.0 Å². The lowest BCUT2D eigenvalue weighted by molar-refractivity contribution is 0.0962. The molecule has 3 aliphatic rings. The summed E-state index contributed by atoms with van der Waals surface area (Å²) in [6, 6.07) is 8.10. The number of amidine groups is 1. The fourth-order valence-electron chi connectivity index (χ4n) is 4.86. The van der Waals surface area contributed by atoms with Gasteiger partial charge in [-0.25, -0.2) is 4.98 Å². The highest BCUT2D eigenvalue weighted by Gasteiger charge is 2.32. The van der Waals surface area contributed by atoms with Crippen LogP contribution in [0.1, 0.15) is 72.4 Å². The molecule has 0 atom stereocenters. The second-order valence-corrected chi connectivity index (χ2v) is 10.6. The van der Waals surface area contributed by atoms with Crippen molar-refractivity contribution >= 4 is 17.3 Å². The molecule has 0 amide bonds. The molecule has 1 aliphatic carbocycles. The number of nitrogens with one attached hydrogen (secondary N) is 1. The third-order valence-corrected chi connectivity index (χ3v) is 6.99. The summed E-state index contributed by atoms with van der Waals surface area (Å²) in [5.41, 5.74) is 5.26. The largest absolute Gasteiger partial charge is 0.494 e. The van der Waals surface area contributed by atoms with Crippen LogP contribution in [0.4, 0.5) is 5.69 Å². The van der Waals surface area contributed by atoms with Crippen molar-refractivity contribution in [1.82, 2.24) is 9.88 Å². The van der Waals surface area contributed by atoms with Crippen molar-refractivity contribution in [3.8, 4) is 5.75 Å². The van der Waals surface area contributed by atoms with Crippen LogP contribution in [0, 0.1) is 5.41 Å². The number of pyridine rings is 1. The number of ketones is 1. The van der Waals surface area contributed by atoms with E-state index in [4.69, 9.17) is 19.9 Å². The highest BCUT2D eigenvalue weighted by Crippen LogP contribution is 2.41. The summed E-state index contributed by atoms with van der Waals surface area (Å²) in [5, 5.41) is 8.68. The van der Waals surface area contributed by atoms with E-state index in [1.54, 1.807) is 7.11 Å². The molecular weight excluding hydrogens is 428 g/mol. The maximum absolute atomic E-state index is 13.6. The first-order chi connectivity index (χ1) is 16.3. The Kier molecular flexibility index (Phi) is 5.84. The minimum Gasteiger partial charge on any atom is -0.494 e. The first-order valence-corrected chi connectivity index (χ1v) is 12.2. The Balaban J connectivity index is 1.43. The van der Waals surface area contributed by atoms with Crippen LogP contribution in [-0.2, 0) is 16.7 Å². The number of hydrogen-bond acceptors (Lipinski definition) is 6. The molecule has 1 aromatic heterocycles. The maximum Gasteiger partial charge on any atom is 0.182 e. The predicted molar refractivity (Wildman–Crippen MR) is 133 cm³/mol. The van der Waals surface area contributed by atoms with Gasteiger partial charge in [0.15, 0.2) is 5.78 Å². The Bertz CT molecular complexity index is 1130. The second-order valence-electron chi connectivity index (χ2n) is 10.6. The fourth-order valence-corrected chi connectivity index (χ4v) is 4.86. The van der Waals surface area contributed by atoms with Crippen molar-refractivity contribution in [2.45, 2.75) is 51.5 Å². The molecule has 5 rings (SSSR count). The van der Waals surface area contributed by atoms with E-state index in [1.807, 2.05) is 17.0 Å². The minimum atomic E-state index is -0.192. The number of aromatic nitrogens is 1. The summed E-state index contributed by atoms with van der Waals surface area (Å²) >= 11 is 0. The lowest BCUT2D eigenvalue weighted by Gasteiger charge is -2.33. The predicted octanol–water partition coefficient (Wildman–Crippen LogP) is 4.13. The Hall–Kier alpha value is -2.93. The molecule has 2 fully saturated rings. The van der Waals surface area contributed by atoms with Gasteiger partial charge in [0.1, 0.15) is 17.3 Å². The Morgan fingerprint density at radius 3 is 2.59 bits per heavy atom. The van der Waals surface area contributed by atoms with Crippen LogP contribution in [0.2, 0.25) is 0 Å². The number of methoxy groups -OCH3 is 1. The van der Waals surface area contributed by atoms with E-state index in [9.17, 15) is 4.79 Å². The number of fused-ring (bicyclic) bond motifs is 1. The lowest BCUT2D eigenvalue weighted by Crippen LogP contribution is -2.37. The van der Waals surface area contributed by atoms with E-state index in [1.165, 1.54) is 12.8 Å². The molecule has 2 aromatic rings. The van der Waals surface area contributed by atoms with E-state index in [-0.39, 0.29) is 17.7 Å². The van der Waals surface area contributed by atoms with Gasteiger partial charge in [0, 0.05) is 47.9 Å². The van der Waals surface area contributed by atoms with Gasteiger partial charge in [-0.3, -0.25) is 10.2 Å². The molecule has 1 N–H and O–H groups in total. The molecule has 0 bridgehead atoms. The number of nitrogens with zero attached hydrogens (tertiary/aromatic N) is 3. The standard InChI is InChI=1S/C27H34N4O3/c1-27(2,3)20-13-19(14-22(25(20)33-4)30-9-11-34-12-10-30)23(32)16-31-15-18-7-8-21(17-5-6-17)29-24(18)26(31)28/h7-8,13-14,17,28H,5-6,9-12,15-16H2,1-4H3. The molecule has 1 saturated carbocycles. The molecule has 0 spiro atoms. The van der Waals surface area contributed by atoms with Crippen LogP contribution in [0.25, 0.3) is 0 Å². The quantitative estimate of drug-likeness (QED) is 0.651. The number of carbonyl (C=O) groups is 1. The van der Waals surface area contributed by atoms with Crippen LogP contribution in [-0.4, -0.2) is 61.5 Å². The van der Waals surface area contributed by atoms with Gasteiger partial charge in [-0.05, 0) is 36.5 Å². The van der Waals surface area contributed by atoms with Gasteiger partial charge in [0.25, 0.3) is 0 Å². The van der Waals surface area contributed by atoms with Crippen LogP contribution >= 0.6 is 0 Å². The molecule has 1 aromatic carbocycles. The van der Waals surface area contributed by atoms with Gasteiger partial charge in [-0.2, -0.15) is 0 Å². The zero-order chi connectivity index (χ0) is 24.0. The monoisotopic (exact) mass is 462 g/mol. The molecule has 34 heavy (non-hydrogen) atoms. The molecule has 7 heteroatoms. The van der Waals surface area contributed by atoms with E-state index in [0.29, 0.717) is 37.1 Å². The summed E-state index contributed by atoms with van der Waals surface area (Å²) in [7, 11) is 1.70. The van der Waals surface area contributed by atoms with E-state index >= 15 is 0 Å². The smallest absolute Gasteiger partial charge is 0.182 e. The minimum absolute atomic E-state index is 0.00244. The number of ether oxygens (including phenoxy) is 2. The number of morpholine rings is 1. The Morgan fingerprint density at radius 2 is 1.94 bits per heavy atom. The summed E-state index contributed by atoms with van der Waals surface area (Å²) in [6.45, 7) is 9.96. The van der Waals surface area contributed by atoms with Crippen LogP contribution in [0.15, 0.2) is 24.3 Å².